The number of carbonyl (C=O) groups is 2. The summed E-state index contributed by atoms with van der Waals surface area (Å²) < 4.78 is 5.72. The fourth-order valence-electron chi connectivity index (χ4n) is 4.44. The third kappa shape index (κ3) is 2.71. The van der Waals surface area contributed by atoms with E-state index in [4.69, 9.17) is 4.74 Å². The molecule has 5 heteroatoms. The van der Waals surface area contributed by atoms with Crippen LogP contribution < -0.4 is 10.1 Å². The average molecular weight is 341 g/mol. The molecular weight excluding hydrogens is 318 g/mol. The summed E-state index contributed by atoms with van der Waals surface area (Å²) in [5, 5.41) is 12.7. The van der Waals surface area contributed by atoms with Gasteiger partial charge in [-0.25, -0.2) is 0 Å². The second kappa shape index (κ2) is 5.61. The van der Waals surface area contributed by atoms with Crippen molar-refractivity contribution < 1.29 is 19.4 Å². The lowest BCUT2D eigenvalue weighted by molar-refractivity contribution is -0.156. The minimum Gasteiger partial charge on any atom is -0.488 e. The van der Waals surface area contributed by atoms with Gasteiger partial charge in [-0.3, -0.25) is 9.59 Å². The molecule has 3 fully saturated rings. The van der Waals surface area contributed by atoms with Crippen LogP contribution in [0.5, 0.6) is 5.75 Å². The third-order valence-corrected chi connectivity index (χ3v) is 6.25. The molecule has 0 radical (unpaired) electrons. The lowest BCUT2D eigenvalue weighted by Gasteiger charge is -2.51. The van der Waals surface area contributed by atoms with Crippen LogP contribution in [0.4, 0.5) is 0 Å². The number of nitrogens with one attached hydrogen (secondary N) is 1. The Bertz CT molecular complexity index is 755. The van der Waals surface area contributed by atoms with Crippen molar-refractivity contribution in [2.45, 2.75) is 51.0 Å². The van der Waals surface area contributed by atoms with Gasteiger partial charge < -0.3 is 15.2 Å². The minimum absolute atomic E-state index is 0.0862. The van der Waals surface area contributed by atoms with E-state index in [1.165, 1.54) is 0 Å². The summed E-state index contributed by atoms with van der Waals surface area (Å²) >= 11 is 0. The smallest absolute Gasteiger partial charge is 0.309 e. The lowest BCUT2D eigenvalue weighted by atomic mass is 9.57. The van der Waals surface area contributed by atoms with Gasteiger partial charge in [0.1, 0.15) is 12.4 Å². The van der Waals surface area contributed by atoms with Crippen molar-refractivity contribution in [3.63, 3.8) is 0 Å². The van der Waals surface area contributed by atoms with E-state index in [9.17, 15) is 14.7 Å². The molecule has 2 bridgehead atoms. The topological polar surface area (TPSA) is 75.6 Å². The molecule has 1 aromatic carbocycles. The Kier molecular flexibility index (Phi) is 3.63. The summed E-state index contributed by atoms with van der Waals surface area (Å²) in [7, 11) is 0. The van der Waals surface area contributed by atoms with Gasteiger partial charge >= 0.3 is 5.97 Å². The van der Waals surface area contributed by atoms with Gasteiger partial charge in [-0.1, -0.05) is 11.6 Å². The van der Waals surface area contributed by atoms with Crippen LogP contribution >= 0.6 is 0 Å². The van der Waals surface area contributed by atoms with Gasteiger partial charge in [0.2, 0.25) is 0 Å². The van der Waals surface area contributed by atoms with Crippen LogP contribution in [0.15, 0.2) is 23.8 Å². The van der Waals surface area contributed by atoms with Crippen LogP contribution in [0.2, 0.25) is 0 Å². The summed E-state index contributed by atoms with van der Waals surface area (Å²) in [6.07, 6.45) is 6.10. The molecule has 0 atom stereocenters. The van der Waals surface area contributed by atoms with Crippen molar-refractivity contribution >= 4 is 18.0 Å². The number of carbonyl (C=O) groups excluding carboxylic acids is 1. The number of aliphatic carboxylic acids is 1. The van der Waals surface area contributed by atoms with E-state index in [1.54, 1.807) is 0 Å². The number of hydrogen-bond donors (Lipinski definition) is 2. The molecule has 3 aliphatic carbocycles. The average Bonchev–Trinajstić information content (AvgIpc) is 2.62. The number of hydrogen-bond acceptors (Lipinski definition) is 3. The Morgan fingerprint density at radius 2 is 1.80 bits per heavy atom. The van der Waals surface area contributed by atoms with Crippen LogP contribution in [-0.2, 0) is 9.59 Å². The van der Waals surface area contributed by atoms with E-state index in [1.807, 2.05) is 31.2 Å². The van der Waals surface area contributed by atoms with E-state index in [0.717, 1.165) is 36.1 Å². The second-order valence-corrected chi connectivity index (χ2v) is 7.82. The Labute approximate surface area is 147 Å². The maximum atomic E-state index is 12.8. The maximum absolute atomic E-state index is 12.8. The quantitative estimate of drug-likeness (QED) is 0.886. The molecule has 0 unspecified atom stereocenters. The molecular formula is C20H23NO4. The predicted molar refractivity (Wildman–Crippen MR) is 93.3 cm³/mol. The van der Waals surface area contributed by atoms with Crippen LogP contribution in [0, 0.1) is 12.3 Å². The Balaban J connectivity index is 1.49. The summed E-state index contributed by atoms with van der Waals surface area (Å²) in [6, 6.07) is 5.94. The molecule has 5 nitrogen and oxygen atoms in total. The number of fused-ring (bicyclic) bond motifs is 4. The van der Waals surface area contributed by atoms with Gasteiger partial charge in [0.25, 0.3) is 5.91 Å². The SMILES string of the molecule is Cc1ccc2c(c1)C=C(C(=O)NC13CCC(C(=O)O)(CC1)CC3)CO2. The first kappa shape index (κ1) is 16.2. The molecule has 4 aliphatic rings. The fourth-order valence-corrected chi connectivity index (χ4v) is 4.44. The van der Waals surface area contributed by atoms with E-state index in [-0.39, 0.29) is 18.1 Å². The van der Waals surface area contributed by atoms with E-state index >= 15 is 0 Å². The fraction of sp³-hybridized carbons (Fsp3) is 0.500. The Morgan fingerprint density at radius 1 is 1.12 bits per heavy atom. The highest BCUT2D eigenvalue weighted by Gasteiger charge is 2.53. The number of carboxylic acid groups (broad SMARTS) is 1. The molecule has 2 N–H and O–H groups in total. The first-order valence-electron chi connectivity index (χ1n) is 8.91. The normalized spacial score (nSPS) is 30.0. The molecule has 5 rings (SSSR count). The highest BCUT2D eigenvalue weighted by Crippen LogP contribution is 2.52. The van der Waals surface area contributed by atoms with Gasteiger partial charge in [-0.05, 0) is 63.7 Å². The molecule has 3 saturated carbocycles. The van der Waals surface area contributed by atoms with E-state index < -0.39 is 11.4 Å². The first-order chi connectivity index (χ1) is 11.9. The molecule has 1 aliphatic heterocycles. The zero-order valence-corrected chi connectivity index (χ0v) is 14.4. The van der Waals surface area contributed by atoms with Crippen molar-refractivity contribution in [1.82, 2.24) is 5.32 Å². The number of rotatable bonds is 3. The van der Waals surface area contributed by atoms with Gasteiger partial charge in [0.15, 0.2) is 0 Å². The lowest BCUT2D eigenvalue weighted by Crippen LogP contribution is -2.58. The van der Waals surface area contributed by atoms with Crippen LogP contribution in [0.1, 0.15) is 49.7 Å². The number of carboxylic acids is 1. The van der Waals surface area contributed by atoms with Crippen molar-refractivity contribution in [3.8, 4) is 5.75 Å². The largest absolute Gasteiger partial charge is 0.488 e. The van der Waals surface area contributed by atoms with Crippen LogP contribution in [0.3, 0.4) is 0 Å². The standard InChI is InChI=1S/C20H23NO4/c1-13-2-3-16-14(10-13)11-15(12-25-16)17(22)21-20-7-4-19(5-8-20,6-9-20)18(23)24/h2-3,10-11H,4-9,12H2,1H3,(H,21,22)(H,23,24). The molecule has 132 valence electrons. The van der Waals surface area contributed by atoms with Gasteiger partial charge in [0, 0.05) is 11.1 Å². The number of aryl methyl sites for hydroxylation is 1. The van der Waals surface area contributed by atoms with Gasteiger partial charge in [0.05, 0.1) is 11.0 Å². The third-order valence-electron chi connectivity index (χ3n) is 6.25. The first-order valence-corrected chi connectivity index (χ1v) is 8.91. The van der Waals surface area contributed by atoms with Crippen molar-refractivity contribution in [3.05, 3.63) is 34.9 Å². The van der Waals surface area contributed by atoms with E-state index in [0.29, 0.717) is 24.8 Å². The molecule has 1 aromatic rings. The summed E-state index contributed by atoms with van der Waals surface area (Å²) in [4.78, 5) is 24.3. The summed E-state index contributed by atoms with van der Waals surface area (Å²) in [5.74, 6) is 0.0428. The predicted octanol–water partition coefficient (Wildman–Crippen LogP) is 3.06. The number of ether oxygens (including phenoxy) is 1. The van der Waals surface area contributed by atoms with Gasteiger partial charge in [-0.15, -0.1) is 0 Å². The number of benzene rings is 1. The molecule has 0 spiro atoms. The molecule has 0 aromatic heterocycles. The molecule has 1 amide bonds. The zero-order chi connectivity index (χ0) is 17.7. The van der Waals surface area contributed by atoms with Crippen LogP contribution in [-0.4, -0.2) is 29.1 Å². The molecule has 0 saturated heterocycles. The van der Waals surface area contributed by atoms with Gasteiger partial charge in [-0.2, -0.15) is 0 Å². The van der Waals surface area contributed by atoms with Crippen LogP contribution in [0.25, 0.3) is 6.08 Å². The zero-order valence-electron chi connectivity index (χ0n) is 14.4. The van der Waals surface area contributed by atoms with Crippen molar-refractivity contribution in [1.29, 1.82) is 0 Å². The Morgan fingerprint density at radius 3 is 2.44 bits per heavy atom. The summed E-state index contributed by atoms with van der Waals surface area (Å²) in [6.45, 7) is 2.29. The van der Waals surface area contributed by atoms with Crippen molar-refractivity contribution in [2.24, 2.45) is 5.41 Å². The maximum Gasteiger partial charge on any atom is 0.309 e. The molecule has 1 heterocycles. The Hall–Kier alpha value is -2.30. The van der Waals surface area contributed by atoms with E-state index in [2.05, 4.69) is 5.32 Å². The summed E-state index contributed by atoms with van der Waals surface area (Å²) in [5.41, 5.74) is 1.89. The monoisotopic (exact) mass is 341 g/mol. The molecule has 25 heavy (non-hydrogen) atoms. The highest BCUT2D eigenvalue weighted by molar-refractivity contribution is 5.99. The second-order valence-electron chi connectivity index (χ2n) is 7.82. The minimum atomic E-state index is -0.678. The number of amides is 1. The van der Waals surface area contributed by atoms with Crippen molar-refractivity contribution in [2.75, 3.05) is 6.61 Å². The highest BCUT2D eigenvalue weighted by atomic mass is 16.5.